The van der Waals surface area contributed by atoms with Gasteiger partial charge in [-0.15, -0.1) is 0 Å². The first kappa shape index (κ1) is 19.5. The Hall–Kier alpha value is -2.84. The fourth-order valence-electron chi connectivity index (χ4n) is 2.22. The van der Waals surface area contributed by atoms with Crippen LogP contribution >= 0.6 is 0 Å². The molecule has 1 aromatic heterocycles. The molecular weight excluding hydrogens is 351 g/mol. The highest BCUT2D eigenvalue weighted by Crippen LogP contribution is 2.33. The number of nitrogens with one attached hydrogen (secondary N) is 1. The van der Waals surface area contributed by atoms with Crippen molar-refractivity contribution in [1.82, 2.24) is 9.78 Å². The fourth-order valence-corrected chi connectivity index (χ4v) is 2.22. The SMILES string of the molecule is CC(C)C(C)C(=O)Nc1ccc(-n2ncc(C(=O)O)c2C(F)(F)F)cc1. The summed E-state index contributed by atoms with van der Waals surface area (Å²) in [6.07, 6.45) is -4.23. The van der Waals surface area contributed by atoms with Crippen LogP contribution < -0.4 is 5.32 Å². The summed E-state index contributed by atoms with van der Waals surface area (Å²) >= 11 is 0. The Morgan fingerprint density at radius 3 is 2.19 bits per heavy atom. The van der Waals surface area contributed by atoms with Crippen molar-refractivity contribution in [3.8, 4) is 5.69 Å². The molecule has 1 aromatic carbocycles. The van der Waals surface area contributed by atoms with Gasteiger partial charge in [0.05, 0.1) is 11.9 Å². The summed E-state index contributed by atoms with van der Waals surface area (Å²) in [5.41, 5.74) is -1.85. The maximum absolute atomic E-state index is 13.2. The third-order valence-corrected chi connectivity index (χ3v) is 4.06. The molecule has 0 aliphatic rings. The number of alkyl halides is 3. The van der Waals surface area contributed by atoms with Crippen LogP contribution in [0.5, 0.6) is 0 Å². The van der Waals surface area contributed by atoms with Gasteiger partial charge in [0.25, 0.3) is 0 Å². The van der Waals surface area contributed by atoms with Crippen molar-refractivity contribution in [3.05, 3.63) is 41.7 Å². The van der Waals surface area contributed by atoms with Gasteiger partial charge in [-0.3, -0.25) is 4.79 Å². The van der Waals surface area contributed by atoms with E-state index >= 15 is 0 Å². The standard InChI is InChI=1S/C17H18F3N3O3/c1-9(2)10(3)15(24)22-11-4-6-12(7-5-11)23-14(17(18,19)20)13(8-21-23)16(25)26/h4-10H,1-3H3,(H,22,24)(H,25,26). The van der Waals surface area contributed by atoms with Crippen LogP contribution in [0.2, 0.25) is 0 Å². The Morgan fingerprint density at radius 2 is 1.73 bits per heavy atom. The highest BCUT2D eigenvalue weighted by Gasteiger charge is 2.40. The highest BCUT2D eigenvalue weighted by molar-refractivity contribution is 5.92. The number of hydrogen-bond acceptors (Lipinski definition) is 3. The number of carboxylic acids is 1. The van der Waals surface area contributed by atoms with Gasteiger partial charge in [-0.1, -0.05) is 20.8 Å². The van der Waals surface area contributed by atoms with Crippen molar-refractivity contribution in [2.75, 3.05) is 5.32 Å². The smallest absolute Gasteiger partial charge is 0.434 e. The summed E-state index contributed by atoms with van der Waals surface area (Å²) in [6, 6.07) is 5.51. The summed E-state index contributed by atoms with van der Waals surface area (Å²) in [7, 11) is 0. The molecule has 1 heterocycles. The van der Waals surface area contributed by atoms with Gasteiger partial charge in [-0.2, -0.15) is 18.3 Å². The van der Waals surface area contributed by atoms with Gasteiger partial charge >= 0.3 is 12.1 Å². The molecule has 9 heteroatoms. The second-order valence-electron chi connectivity index (χ2n) is 6.19. The van der Waals surface area contributed by atoms with Crippen LogP contribution in [0.1, 0.15) is 36.8 Å². The highest BCUT2D eigenvalue weighted by atomic mass is 19.4. The van der Waals surface area contributed by atoms with Crippen LogP contribution in [0, 0.1) is 11.8 Å². The molecular formula is C17H18F3N3O3. The molecule has 0 radical (unpaired) electrons. The van der Waals surface area contributed by atoms with E-state index < -0.39 is 23.4 Å². The molecule has 0 fully saturated rings. The number of rotatable bonds is 5. The largest absolute Gasteiger partial charge is 0.478 e. The number of hydrogen-bond donors (Lipinski definition) is 2. The van der Waals surface area contributed by atoms with E-state index in [1.807, 2.05) is 13.8 Å². The first-order valence-corrected chi connectivity index (χ1v) is 7.82. The maximum atomic E-state index is 13.2. The molecule has 0 saturated carbocycles. The minimum absolute atomic E-state index is 0.0275. The summed E-state index contributed by atoms with van der Waals surface area (Å²) in [5, 5.41) is 15.2. The molecule has 1 unspecified atom stereocenters. The lowest BCUT2D eigenvalue weighted by molar-refractivity contribution is -0.143. The lowest BCUT2D eigenvalue weighted by atomic mass is 9.97. The van der Waals surface area contributed by atoms with Gasteiger partial charge in [-0.05, 0) is 30.2 Å². The molecule has 2 rings (SSSR count). The third kappa shape index (κ3) is 4.04. The number of halogens is 3. The van der Waals surface area contributed by atoms with Crippen LogP contribution in [-0.2, 0) is 11.0 Å². The van der Waals surface area contributed by atoms with Crippen LogP contribution in [0.3, 0.4) is 0 Å². The Bertz CT molecular complexity index is 811. The van der Waals surface area contributed by atoms with Gasteiger partial charge in [0, 0.05) is 11.6 Å². The van der Waals surface area contributed by atoms with Crippen molar-refractivity contribution in [2.24, 2.45) is 11.8 Å². The van der Waals surface area contributed by atoms with E-state index in [9.17, 15) is 22.8 Å². The molecule has 1 atom stereocenters. The molecule has 0 aliphatic heterocycles. The van der Waals surface area contributed by atoms with Crippen molar-refractivity contribution in [2.45, 2.75) is 26.9 Å². The van der Waals surface area contributed by atoms with Crippen molar-refractivity contribution in [3.63, 3.8) is 0 Å². The molecule has 2 aromatic rings. The number of carbonyl (C=O) groups excluding carboxylic acids is 1. The van der Waals surface area contributed by atoms with E-state index in [0.29, 0.717) is 16.6 Å². The Kier molecular flexibility index (Phi) is 5.38. The van der Waals surface area contributed by atoms with E-state index in [1.54, 1.807) is 6.92 Å². The number of carbonyl (C=O) groups is 2. The molecule has 0 spiro atoms. The number of carboxylic acid groups (broad SMARTS) is 1. The Labute approximate surface area is 147 Å². The van der Waals surface area contributed by atoms with Crippen LogP contribution in [-0.4, -0.2) is 26.8 Å². The van der Waals surface area contributed by atoms with Crippen LogP contribution in [0.25, 0.3) is 5.69 Å². The summed E-state index contributed by atoms with van der Waals surface area (Å²) in [6.45, 7) is 5.59. The molecule has 0 aliphatic carbocycles. The van der Waals surface area contributed by atoms with Crippen molar-refractivity contribution < 1.29 is 27.9 Å². The van der Waals surface area contributed by atoms with Crippen LogP contribution in [0.15, 0.2) is 30.5 Å². The summed E-state index contributed by atoms with van der Waals surface area (Å²) in [4.78, 5) is 23.0. The van der Waals surface area contributed by atoms with Crippen molar-refractivity contribution >= 4 is 17.6 Å². The lowest BCUT2D eigenvalue weighted by Gasteiger charge is -2.16. The number of anilines is 1. The van der Waals surface area contributed by atoms with Gasteiger partial charge in [0.15, 0.2) is 5.69 Å². The first-order chi connectivity index (χ1) is 12.0. The second kappa shape index (κ2) is 7.19. The third-order valence-electron chi connectivity index (χ3n) is 4.06. The Morgan fingerprint density at radius 1 is 1.15 bits per heavy atom. The Balaban J connectivity index is 2.32. The fraction of sp³-hybridized carbons (Fsp3) is 0.353. The molecule has 140 valence electrons. The topological polar surface area (TPSA) is 84.2 Å². The normalized spacial score (nSPS) is 12.9. The summed E-state index contributed by atoms with van der Waals surface area (Å²) in [5.74, 6) is -2.00. The number of amides is 1. The number of aromatic nitrogens is 2. The zero-order valence-corrected chi connectivity index (χ0v) is 14.3. The molecule has 0 bridgehead atoms. The zero-order valence-electron chi connectivity index (χ0n) is 14.3. The first-order valence-electron chi connectivity index (χ1n) is 7.82. The lowest BCUT2D eigenvalue weighted by Crippen LogP contribution is -2.24. The minimum atomic E-state index is -4.89. The molecule has 2 N–H and O–H groups in total. The number of nitrogens with zero attached hydrogens (tertiary/aromatic N) is 2. The molecule has 6 nitrogen and oxygen atoms in total. The molecule has 0 saturated heterocycles. The summed E-state index contributed by atoms with van der Waals surface area (Å²) < 4.78 is 40.2. The predicted molar refractivity (Wildman–Crippen MR) is 88.2 cm³/mol. The predicted octanol–water partition coefficient (Wildman–Crippen LogP) is 3.82. The van der Waals surface area contributed by atoms with Gasteiger partial charge < -0.3 is 10.4 Å². The van der Waals surface area contributed by atoms with E-state index in [2.05, 4.69) is 10.4 Å². The van der Waals surface area contributed by atoms with Gasteiger partial charge in [0.2, 0.25) is 5.91 Å². The maximum Gasteiger partial charge on any atom is 0.434 e. The van der Waals surface area contributed by atoms with Gasteiger partial charge in [-0.25, -0.2) is 9.48 Å². The average Bonchev–Trinajstić information content (AvgIpc) is 3.00. The minimum Gasteiger partial charge on any atom is -0.478 e. The average molecular weight is 369 g/mol. The quantitative estimate of drug-likeness (QED) is 0.839. The van der Waals surface area contributed by atoms with E-state index in [-0.39, 0.29) is 23.4 Å². The van der Waals surface area contributed by atoms with Gasteiger partial charge in [0.1, 0.15) is 5.56 Å². The molecule has 26 heavy (non-hydrogen) atoms. The van der Waals surface area contributed by atoms with E-state index in [0.717, 1.165) is 0 Å². The number of benzene rings is 1. The van der Waals surface area contributed by atoms with Crippen LogP contribution in [0.4, 0.5) is 18.9 Å². The number of aromatic carboxylic acids is 1. The second-order valence-corrected chi connectivity index (χ2v) is 6.19. The van der Waals surface area contributed by atoms with E-state index in [1.165, 1.54) is 24.3 Å². The van der Waals surface area contributed by atoms with E-state index in [4.69, 9.17) is 5.11 Å². The van der Waals surface area contributed by atoms with Crippen molar-refractivity contribution in [1.29, 1.82) is 0 Å². The molecule has 1 amide bonds. The zero-order chi connectivity index (χ0) is 19.6. The monoisotopic (exact) mass is 369 g/mol.